The topological polar surface area (TPSA) is 125 Å². The molecule has 0 aliphatic carbocycles. The maximum absolute atomic E-state index is 11.7. The summed E-state index contributed by atoms with van der Waals surface area (Å²) in [7, 11) is 0. The van der Waals surface area contributed by atoms with Gasteiger partial charge >= 0.3 is 0 Å². The van der Waals surface area contributed by atoms with Crippen LogP contribution in [0, 0.1) is 10.1 Å². The van der Waals surface area contributed by atoms with Crippen molar-refractivity contribution in [2.45, 2.75) is 6.10 Å². The number of aromatic hydroxyl groups is 1. The van der Waals surface area contributed by atoms with Gasteiger partial charge in [-0.15, -0.1) is 0 Å². The monoisotopic (exact) mass is 315 g/mol. The smallest absolute Gasteiger partial charge is 0.273 e. The first-order valence-corrected chi connectivity index (χ1v) is 6.52. The second kappa shape index (κ2) is 7.14. The highest BCUT2D eigenvalue weighted by Gasteiger charge is 2.16. The van der Waals surface area contributed by atoms with Gasteiger partial charge in [0, 0.05) is 17.7 Å². The molecule has 2 rings (SSSR count). The summed E-state index contributed by atoms with van der Waals surface area (Å²) in [5.41, 5.74) is 2.35. The van der Waals surface area contributed by atoms with Crippen LogP contribution in [-0.2, 0) is 4.79 Å². The SMILES string of the molecule is O=C(N/N=C\c1cc([N+](=O)[O-])ccc1O)[C@H](O)c1ccccc1. The number of nitro benzene ring substituents is 1. The van der Waals surface area contributed by atoms with Gasteiger partial charge in [-0.3, -0.25) is 14.9 Å². The predicted molar refractivity (Wildman–Crippen MR) is 81.9 cm³/mol. The third-order valence-electron chi connectivity index (χ3n) is 2.96. The van der Waals surface area contributed by atoms with E-state index in [1.54, 1.807) is 30.3 Å². The van der Waals surface area contributed by atoms with E-state index in [2.05, 4.69) is 10.5 Å². The van der Waals surface area contributed by atoms with Crippen molar-refractivity contribution >= 4 is 17.8 Å². The number of phenols is 1. The van der Waals surface area contributed by atoms with Crippen molar-refractivity contribution in [2.24, 2.45) is 5.10 Å². The largest absolute Gasteiger partial charge is 0.507 e. The van der Waals surface area contributed by atoms with Crippen LogP contribution in [0.3, 0.4) is 0 Å². The van der Waals surface area contributed by atoms with E-state index in [-0.39, 0.29) is 17.0 Å². The van der Waals surface area contributed by atoms with Gasteiger partial charge in [-0.2, -0.15) is 5.10 Å². The highest BCUT2D eigenvalue weighted by molar-refractivity contribution is 5.87. The van der Waals surface area contributed by atoms with Gasteiger partial charge in [0.1, 0.15) is 5.75 Å². The Kier molecular flexibility index (Phi) is 5.00. The molecule has 0 fully saturated rings. The van der Waals surface area contributed by atoms with Crippen LogP contribution in [0.15, 0.2) is 53.6 Å². The Bertz CT molecular complexity index is 746. The third-order valence-corrected chi connectivity index (χ3v) is 2.96. The van der Waals surface area contributed by atoms with Crippen molar-refractivity contribution in [3.05, 3.63) is 69.8 Å². The van der Waals surface area contributed by atoms with E-state index in [9.17, 15) is 25.1 Å². The van der Waals surface area contributed by atoms with Crippen LogP contribution in [0.25, 0.3) is 0 Å². The van der Waals surface area contributed by atoms with Crippen LogP contribution in [0.4, 0.5) is 5.69 Å². The molecule has 0 radical (unpaired) electrons. The molecule has 2 aromatic rings. The number of hydrazone groups is 1. The number of amides is 1. The number of carbonyl (C=O) groups is 1. The average molecular weight is 315 g/mol. The fourth-order valence-corrected chi connectivity index (χ4v) is 1.77. The quantitative estimate of drug-likeness (QED) is 0.438. The van der Waals surface area contributed by atoms with E-state index in [4.69, 9.17) is 0 Å². The second-order valence-electron chi connectivity index (χ2n) is 4.55. The summed E-state index contributed by atoms with van der Waals surface area (Å²) in [6, 6.07) is 11.7. The minimum Gasteiger partial charge on any atom is -0.507 e. The second-order valence-corrected chi connectivity index (χ2v) is 4.55. The Labute approximate surface area is 130 Å². The van der Waals surface area contributed by atoms with Gasteiger partial charge < -0.3 is 10.2 Å². The Hall–Kier alpha value is -3.26. The number of hydrogen-bond donors (Lipinski definition) is 3. The summed E-state index contributed by atoms with van der Waals surface area (Å²) in [4.78, 5) is 21.8. The van der Waals surface area contributed by atoms with E-state index in [0.29, 0.717) is 5.56 Å². The molecular formula is C15H13N3O5. The molecule has 0 saturated heterocycles. The van der Waals surface area contributed by atoms with Crippen LogP contribution in [0.1, 0.15) is 17.2 Å². The first-order chi connectivity index (χ1) is 11.0. The van der Waals surface area contributed by atoms with Crippen molar-refractivity contribution in [1.29, 1.82) is 0 Å². The molecule has 0 aliphatic rings. The van der Waals surface area contributed by atoms with Crippen molar-refractivity contribution in [2.75, 3.05) is 0 Å². The number of aliphatic hydroxyl groups is 1. The number of nitro groups is 1. The predicted octanol–water partition coefficient (Wildman–Crippen LogP) is 1.48. The Morgan fingerprint density at radius 1 is 1.26 bits per heavy atom. The molecule has 2 aromatic carbocycles. The average Bonchev–Trinajstić information content (AvgIpc) is 2.56. The molecule has 8 nitrogen and oxygen atoms in total. The maximum Gasteiger partial charge on any atom is 0.273 e. The Balaban J connectivity index is 2.05. The molecule has 0 heterocycles. The van der Waals surface area contributed by atoms with Crippen molar-refractivity contribution in [3.8, 4) is 5.75 Å². The van der Waals surface area contributed by atoms with E-state index < -0.39 is 16.9 Å². The lowest BCUT2D eigenvalue weighted by molar-refractivity contribution is -0.384. The number of phenolic OH excluding ortho intramolecular Hbond substituents is 1. The van der Waals surface area contributed by atoms with Crippen LogP contribution in [0.2, 0.25) is 0 Å². The van der Waals surface area contributed by atoms with Gasteiger partial charge in [-0.05, 0) is 11.6 Å². The lowest BCUT2D eigenvalue weighted by atomic mass is 10.1. The van der Waals surface area contributed by atoms with Crippen molar-refractivity contribution in [1.82, 2.24) is 5.43 Å². The number of aliphatic hydroxyl groups excluding tert-OH is 1. The maximum atomic E-state index is 11.7. The summed E-state index contributed by atoms with van der Waals surface area (Å²) in [6.45, 7) is 0. The van der Waals surface area contributed by atoms with Crippen LogP contribution < -0.4 is 5.43 Å². The fraction of sp³-hybridized carbons (Fsp3) is 0.0667. The molecule has 0 aromatic heterocycles. The molecule has 0 saturated carbocycles. The normalized spacial score (nSPS) is 12.0. The number of benzene rings is 2. The molecule has 23 heavy (non-hydrogen) atoms. The molecule has 0 unspecified atom stereocenters. The Morgan fingerprint density at radius 2 is 1.96 bits per heavy atom. The third kappa shape index (κ3) is 4.11. The summed E-state index contributed by atoms with van der Waals surface area (Å²) in [5.74, 6) is -0.991. The highest BCUT2D eigenvalue weighted by Crippen LogP contribution is 2.21. The zero-order valence-corrected chi connectivity index (χ0v) is 11.8. The van der Waals surface area contributed by atoms with Gasteiger partial charge in [0.2, 0.25) is 0 Å². The van der Waals surface area contributed by atoms with Crippen molar-refractivity contribution in [3.63, 3.8) is 0 Å². The molecule has 0 spiro atoms. The van der Waals surface area contributed by atoms with E-state index in [1.165, 1.54) is 0 Å². The molecule has 0 bridgehead atoms. The molecule has 1 amide bonds. The number of carbonyl (C=O) groups excluding carboxylic acids is 1. The van der Waals surface area contributed by atoms with Crippen LogP contribution in [0.5, 0.6) is 5.75 Å². The summed E-state index contributed by atoms with van der Waals surface area (Å²) < 4.78 is 0. The van der Waals surface area contributed by atoms with E-state index in [0.717, 1.165) is 24.4 Å². The number of nitrogens with zero attached hydrogens (tertiary/aromatic N) is 2. The molecule has 3 N–H and O–H groups in total. The number of rotatable bonds is 5. The summed E-state index contributed by atoms with van der Waals surface area (Å²) in [5, 5.41) is 33.7. The molecule has 1 atom stereocenters. The van der Waals surface area contributed by atoms with Crippen LogP contribution in [-0.4, -0.2) is 27.3 Å². The number of non-ortho nitro benzene ring substituents is 1. The first kappa shape index (κ1) is 16.1. The Morgan fingerprint density at radius 3 is 2.61 bits per heavy atom. The summed E-state index contributed by atoms with van der Waals surface area (Å²) >= 11 is 0. The van der Waals surface area contributed by atoms with Crippen molar-refractivity contribution < 1.29 is 19.9 Å². The fourth-order valence-electron chi connectivity index (χ4n) is 1.77. The molecular weight excluding hydrogens is 302 g/mol. The highest BCUT2D eigenvalue weighted by atomic mass is 16.6. The van der Waals surface area contributed by atoms with Crippen LogP contribution >= 0.6 is 0 Å². The summed E-state index contributed by atoms with van der Waals surface area (Å²) in [6.07, 6.45) is -0.343. The van der Waals surface area contributed by atoms with Gasteiger partial charge in [0.05, 0.1) is 11.1 Å². The first-order valence-electron chi connectivity index (χ1n) is 6.52. The zero-order chi connectivity index (χ0) is 16.8. The van der Waals surface area contributed by atoms with Gasteiger partial charge in [-0.1, -0.05) is 30.3 Å². The molecule has 8 heteroatoms. The number of hydrogen-bond acceptors (Lipinski definition) is 6. The van der Waals surface area contributed by atoms with Gasteiger partial charge in [0.25, 0.3) is 11.6 Å². The molecule has 0 aliphatic heterocycles. The standard InChI is InChI=1S/C15H13N3O5/c19-13-7-6-12(18(22)23)8-11(13)9-16-17-15(21)14(20)10-4-2-1-3-5-10/h1-9,14,19-20H,(H,17,21)/b16-9-/t14-/m1/s1. The molecule has 118 valence electrons. The van der Waals surface area contributed by atoms with Gasteiger partial charge in [-0.25, -0.2) is 5.43 Å². The van der Waals surface area contributed by atoms with E-state index >= 15 is 0 Å². The zero-order valence-electron chi connectivity index (χ0n) is 11.8. The lowest BCUT2D eigenvalue weighted by Crippen LogP contribution is -2.25. The lowest BCUT2D eigenvalue weighted by Gasteiger charge is -2.08. The number of nitrogens with one attached hydrogen (secondary N) is 1. The van der Waals surface area contributed by atoms with E-state index in [1.807, 2.05) is 0 Å². The minimum absolute atomic E-state index is 0.0636. The minimum atomic E-state index is -1.40. The van der Waals surface area contributed by atoms with Gasteiger partial charge in [0.15, 0.2) is 6.10 Å².